The molecule has 2 aromatic rings. The van der Waals surface area contributed by atoms with Crippen molar-refractivity contribution in [3.05, 3.63) is 59.7 Å². The summed E-state index contributed by atoms with van der Waals surface area (Å²) in [5, 5.41) is 0. The summed E-state index contributed by atoms with van der Waals surface area (Å²) in [5.41, 5.74) is 6.78. The van der Waals surface area contributed by atoms with E-state index in [1.54, 1.807) is 13.0 Å². The van der Waals surface area contributed by atoms with Crippen LogP contribution >= 0.6 is 0 Å². The van der Waals surface area contributed by atoms with E-state index in [1.165, 1.54) is 5.56 Å². The van der Waals surface area contributed by atoms with Crippen LogP contribution in [0.25, 0.3) is 0 Å². The standard InChI is InChI=1S/C21H26N2O4/c1-14(2)17-9-11-18(12-10-17)27-16(4)21(25)23-22-20(24)13-26-19-8-6-5-7-15(19)3/h5-12,14,16H,13H2,1-4H3,(H,22,24)(H,23,25). The Kier molecular flexibility index (Phi) is 7.23. The smallest absolute Gasteiger partial charge is 0.279 e. The first kappa shape index (κ1) is 20.3. The number of para-hydroxylation sites is 1. The molecule has 0 bridgehead atoms. The molecule has 6 nitrogen and oxygen atoms in total. The molecule has 0 fully saturated rings. The van der Waals surface area contributed by atoms with Gasteiger partial charge in [0.15, 0.2) is 12.7 Å². The third kappa shape index (κ3) is 6.33. The van der Waals surface area contributed by atoms with Gasteiger partial charge in [-0.3, -0.25) is 20.4 Å². The number of ether oxygens (including phenoxy) is 2. The molecule has 0 radical (unpaired) electrons. The van der Waals surface area contributed by atoms with Crippen molar-refractivity contribution >= 4 is 11.8 Å². The Morgan fingerprint density at radius 3 is 2.26 bits per heavy atom. The fourth-order valence-corrected chi connectivity index (χ4v) is 2.32. The number of hydrogen-bond donors (Lipinski definition) is 2. The van der Waals surface area contributed by atoms with Crippen LogP contribution in [0.15, 0.2) is 48.5 Å². The zero-order valence-electron chi connectivity index (χ0n) is 16.1. The van der Waals surface area contributed by atoms with E-state index in [9.17, 15) is 9.59 Å². The number of carbonyl (C=O) groups excluding carboxylic acids is 2. The number of carbonyl (C=O) groups is 2. The lowest BCUT2D eigenvalue weighted by Crippen LogP contribution is -2.48. The Morgan fingerprint density at radius 2 is 1.63 bits per heavy atom. The zero-order chi connectivity index (χ0) is 19.8. The van der Waals surface area contributed by atoms with Crippen LogP contribution < -0.4 is 20.3 Å². The second-order valence-corrected chi connectivity index (χ2v) is 6.58. The zero-order valence-corrected chi connectivity index (χ0v) is 16.1. The predicted molar refractivity (Wildman–Crippen MR) is 104 cm³/mol. The van der Waals surface area contributed by atoms with Gasteiger partial charge in [-0.15, -0.1) is 0 Å². The van der Waals surface area contributed by atoms with Crippen molar-refractivity contribution in [2.75, 3.05) is 6.61 Å². The minimum Gasteiger partial charge on any atom is -0.483 e. The fourth-order valence-electron chi connectivity index (χ4n) is 2.32. The molecule has 0 aliphatic carbocycles. The van der Waals surface area contributed by atoms with Gasteiger partial charge in [-0.25, -0.2) is 0 Å². The van der Waals surface area contributed by atoms with Crippen LogP contribution in [0.5, 0.6) is 11.5 Å². The lowest BCUT2D eigenvalue weighted by Gasteiger charge is -2.16. The van der Waals surface area contributed by atoms with Crippen molar-refractivity contribution in [2.45, 2.75) is 39.7 Å². The topological polar surface area (TPSA) is 76.7 Å². The summed E-state index contributed by atoms with van der Waals surface area (Å²) in [6.07, 6.45) is -0.757. The number of nitrogens with one attached hydrogen (secondary N) is 2. The maximum absolute atomic E-state index is 12.1. The largest absolute Gasteiger partial charge is 0.483 e. The van der Waals surface area contributed by atoms with Gasteiger partial charge in [0.25, 0.3) is 11.8 Å². The molecule has 0 aromatic heterocycles. The quantitative estimate of drug-likeness (QED) is 0.734. The highest BCUT2D eigenvalue weighted by molar-refractivity contribution is 5.85. The van der Waals surface area contributed by atoms with Crippen LogP contribution in [-0.2, 0) is 9.59 Å². The van der Waals surface area contributed by atoms with Crippen LogP contribution in [0.4, 0.5) is 0 Å². The average Bonchev–Trinajstić information content (AvgIpc) is 2.65. The minimum absolute atomic E-state index is 0.197. The third-order valence-electron chi connectivity index (χ3n) is 4.01. The van der Waals surface area contributed by atoms with E-state index in [2.05, 4.69) is 24.7 Å². The van der Waals surface area contributed by atoms with Crippen LogP contribution in [0.1, 0.15) is 37.8 Å². The highest BCUT2D eigenvalue weighted by Gasteiger charge is 2.16. The summed E-state index contributed by atoms with van der Waals surface area (Å²) >= 11 is 0. The molecule has 0 saturated heterocycles. The Morgan fingerprint density at radius 1 is 0.963 bits per heavy atom. The molecule has 144 valence electrons. The Labute approximate surface area is 159 Å². The summed E-state index contributed by atoms with van der Waals surface area (Å²) in [6, 6.07) is 15.0. The molecule has 2 aromatic carbocycles. The minimum atomic E-state index is -0.757. The molecule has 6 heteroatoms. The van der Waals surface area contributed by atoms with Gasteiger partial charge in [-0.1, -0.05) is 44.2 Å². The third-order valence-corrected chi connectivity index (χ3v) is 4.01. The lowest BCUT2D eigenvalue weighted by molar-refractivity contribution is -0.133. The SMILES string of the molecule is Cc1ccccc1OCC(=O)NNC(=O)C(C)Oc1ccc(C(C)C)cc1. The summed E-state index contributed by atoms with van der Waals surface area (Å²) in [7, 11) is 0. The number of rotatable bonds is 7. The van der Waals surface area contributed by atoms with Gasteiger partial charge < -0.3 is 9.47 Å². The Balaban J connectivity index is 1.75. The van der Waals surface area contributed by atoms with Crippen LogP contribution in [-0.4, -0.2) is 24.5 Å². The molecule has 2 rings (SSSR count). The maximum Gasteiger partial charge on any atom is 0.279 e. The van der Waals surface area contributed by atoms with E-state index in [-0.39, 0.29) is 6.61 Å². The maximum atomic E-state index is 12.1. The number of hydrogen-bond acceptors (Lipinski definition) is 4. The molecule has 2 N–H and O–H groups in total. The van der Waals surface area contributed by atoms with E-state index in [4.69, 9.17) is 9.47 Å². The second kappa shape index (κ2) is 9.62. The van der Waals surface area contributed by atoms with Gasteiger partial charge in [-0.2, -0.15) is 0 Å². The first-order chi connectivity index (χ1) is 12.9. The van der Waals surface area contributed by atoms with Crippen molar-refractivity contribution < 1.29 is 19.1 Å². The monoisotopic (exact) mass is 370 g/mol. The molecule has 0 heterocycles. The molecule has 27 heavy (non-hydrogen) atoms. The Bertz CT molecular complexity index is 772. The number of aryl methyl sites for hydroxylation is 1. The van der Waals surface area contributed by atoms with Gasteiger partial charge in [0.1, 0.15) is 11.5 Å². The first-order valence-electron chi connectivity index (χ1n) is 8.90. The molecule has 0 saturated carbocycles. The van der Waals surface area contributed by atoms with Gasteiger partial charge in [0.05, 0.1) is 0 Å². The number of benzene rings is 2. The fraction of sp³-hybridized carbons (Fsp3) is 0.333. The Hall–Kier alpha value is -3.02. The van der Waals surface area contributed by atoms with E-state index in [0.29, 0.717) is 17.4 Å². The van der Waals surface area contributed by atoms with Crippen molar-refractivity contribution in [1.82, 2.24) is 10.9 Å². The number of hydrazine groups is 1. The summed E-state index contributed by atoms with van der Waals surface area (Å²) in [6.45, 7) is 7.52. The van der Waals surface area contributed by atoms with Crippen molar-refractivity contribution in [1.29, 1.82) is 0 Å². The van der Waals surface area contributed by atoms with Gasteiger partial charge in [0, 0.05) is 0 Å². The second-order valence-electron chi connectivity index (χ2n) is 6.58. The van der Waals surface area contributed by atoms with Gasteiger partial charge in [-0.05, 0) is 49.1 Å². The first-order valence-corrected chi connectivity index (χ1v) is 8.90. The van der Waals surface area contributed by atoms with Crippen molar-refractivity contribution in [3.63, 3.8) is 0 Å². The molecular formula is C21H26N2O4. The summed E-state index contributed by atoms with van der Waals surface area (Å²) in [5.74, 6) is 0.737. The molecular weight excluding hydrogens is 344 g/mol. The molecule has 0 spiro atoms. The van der Waals surface area contributed by atoms with Crippen LogP contribution in [0.3, 0.4) is 0 Å². The van der Waals surface area contributed by atoms with E-state index in [1.807, 2.05) is 49.4 Å². The van der Waals surface area contributed by atoms with Crippen LogP contribution in [0.2, 0.25) is 0 Å². The van der Waals surface area contributed by atoms with E-state index < -0.39 is 17.9 Å². The summed E-state index contributed by atoms with van der Waals surface area (Å²) in [4.78, 5) is 23.9. The molecule has 1 unspecified atom stereocenters. The van der Waals surface area contributed by atoms with Crippen molar-refractivity contribution in [2.24, 2.45) is 0 Å². The van der Waals surface area contributed by atoms with Gasteiger partial charge >= 0.3 is 0 Å². The van der Waals surface area contributed by atoms with Gasteiger partial charge in [0.2, 0.25) is 0 Å². The normalized spacial score (nSPS) is 11.6. The average molecular weight is 370 g/mol. The van der Waals surface area contributed by atoms with E-state index in [0.717, 1.165) is 5.56 Å². The highest BCUT2D eigenvalue weighted by atomic mass is 16.5. The van der Waals surface area contributed by atoms with E-state index >= 15 is 0 Å². The number of amides is 2. The molecule has 2 amide bonds. The van der Waals surface area contributed by atoms with Crippen LogP contribution in [0, 0.1) is 6.92 Å². The molecule has 0 aliphatic heterocycles. The molecule has 1 atom stereocenters. The summed E-state index contributed by atoms with van der Waals surface area (Å²) < 4.78 is 11.0. The lowest BCUT2D eigenvalue weighted by atomic mass is 10.0. The highest BCUT2D eigenvalue weighted by Crippen LogP contribution is 2.19. The molecule has 0 aliphatic rings. The van der Waals surface area contributed by atoms with Crippen molar-refractivity contribution in [3.8, 4) is 11.5 Å². The predicted octanol–water partition coefficient (Wildman–Crippen LogP) is 3.11.